The van der Waals surface area contributed by atoms with E-state index in [4.69, 9.17) is 4.74 Å². The molecule has 0 fully saturated rings. The van der Waals surface area contributed by atoms with Crippen LogP contribution in [-0.2, 0) is 23.0 Å². The van der Waals surface area contributed by atoms with Crippen molar-refractivity contribution in [2.45, 2.75) is 12.5 Å². The zero-order valence-electron chi connectivity index (χ0n) is 11.2. The fourth-order valence-electron chi connectivity index (χ4n) is 1.76. The Morgan fingerprint density at radius 3 is 2.80 bits per heavy atom. The van der Waals surface area contributed by atoms with Gasteiger partial charge >= 0.3 is 5.97 Å². The summed E-state index contributed by atoms with van der Waals surface area (Å²) in [5.41, 5.74) is 1.09. The number of aromatic amines is 1. The number of carbonyl (C=O) groups excluding carboxylic acids is 2. The van der Waals surface area contributed by atoms with Gasteiger partial charge in [0.1, 0.15) is 11.7 Å². The third-order valence-corrected chi connectivity index (χ3v) is 2.82. The number of hydrogen-bond donors (Lipinski definition) is 2. The largest absolute Gasteiger partial charge is 0.467 e. The van der Waals surface area contributed by atoms with Gasteiger partial charge in [0, 0.05) is 25.4 Å². The van der Waals surface area contributed by atoms with Crippen LogP contribution in [-0.4, -0.2) is 44.5 Å². The standard InChI is InChI=1S/C12H15N5O3/c1-17-7-14-5-10(17)11(18)16-9(12(19)20-2)3-8-4-13-6-15-8/h4-7,9H,3H2,1-2H3,(H,13,15)(H,16,18)/t9-/m0/s1. The van der Waals surface area contributed by atoms with E-state index in [-0.39, 0.29) is 12.3 Å². The lowest BCUT2D eigenvalue weighted by Crippen LogP contribution is -2.43. The van der Waals surface area contributed by atoms with Gasteiger partial charge in [-0.2, -0.15) is 0 Å². The fourth-order valence-corrected chi connectivity index (χ4v) is 1.76. The summed E-state index contributed by atoms with van der Waals surface area (Å²) in [6, 6.07) is -0.789. The molecule has 0 bridgehead atoms. The van der Waals surface area contributed by atoms with Gasteiger partial charge in [0.05, 0.1) is 26.0 Å². The Balaban J connectivity index is 2.10. The molecule has 1 atom stereocenters. The first-order chi connectivity index (χ1) is 9.61. The average Bonchev–Trinajstić information content (AvgIpc) is 3.08. The van der Waals surface area contributed by atoms with Gasteiger partial charge in [-0.15, -0.1) is 0 Å². The number of rotatable bonds is 5. The number of esters is 1. The normalized spacial score (nSPS) is 11.9. The van der Waals surface area contributed by atoms with Crippen LogP contribution in [0.4, 0.5) is 0 Å². The molecule has 106 valence electrons. The van der Waals surface area contributed by atoms with Crippen LogP contribution in [0, 0.1) is 0 Å². The molecule has 0 aliphatic carbocycles. The highest BCUT2D eigenvalue weighted by Crippen LogP contribution is 2.03. The molecule has 0 unspecified atom stereocenters. The molecule has 1 amide bonds. The number of ether oxygens (including phenoxy) is 1. The van der Waals surface area contributed by atoms with E-state index in [1.165, 1.54) is 26.0 Å². The third kappa shape index (κ3) is 3.02. The van der Waals surface area contributed by atoms with Crippen molar-refractivity contribution >= 4 is 11.9 Å². The van der Waals surface area contributed by atoms with Gasteiger partial charge in [-0.25, -0.2) is 14.8 Å². The molecule has 20 heavy (non-hydrogen) atoms. The number of nitrogens with zero attached hydrogens (tertiary/aromatic N) is 3. The minimum Gasteiger partial charge on any atom is -0.467 e. The van der Waals surface area contributed by atoms with Gasteiger partial charge in [-0.3, -0.25) is 4.79 Å². The van der Waals surface area contributed by atoms with E-state index < -0.39 is 12.0 Å². The van der Waals surface area contributed by atoms with Gasteiger partial charge in [0.25, 0.3) is 5.91 Å². The van der Waals surface area contributed by atoms with Gasteiger partial charge in [0.2, 0.25) is 0 Å². The molecule has 2 N–H and O–H groups in total. The molecule has 0 radical (unpaired) electrons. The second-order valence-corrected chi connectivity index (χ2v) is 4.22. The summed E-state index contributed by atoms with van der Waals surface area (Å²) in [4.78, 5) is 34.4. The lowest BCUT2D eigenvalue weighted by molar-refractivity contribution is -0.142. The maximum Gasteiger partial charge on any atom is 0.328 e. The predicted molar refractivity (Wildman–Crippen MR) is 68.8 cm³/mol. The van der Waals surface area contributed by atoms with E-state index in [9.17, 15) is 9.59 Å². The number of H-pyrrole nitrogens is 1. The summed E-state index contributed by atoms with van der Waals surface area (Å²) in [5, 5.41) is 2.63. The van der Waals surface area contributed by atoms with Crippen molar-refractivity contribution in [2.75, 3.05) is 7.11 Å². The van der Waals surface area contributed by atoms with Crippen molar-refractivity contribution in [3.05, 3.63) is 36.4 Å². The van der Waals surface area contributed by atoms with Crippen LogP contribution >= 0.6 is 0 Å². The van der Waals surface area contributed by atoms with Crippen molar-refractivity contribution in [3.8, 4) is 0 Å². The molecule has 2 aromatic rings. The molecule has 8 heteroatoms. The first-order valence-corrected chi connectivity index (χ1v) is 5.94. The molecule has 0 saturated heterocycles. The van der Waals surface area contributed by atoms with E-state index in [1.54, 1.807) is 17.8 Å². The summed E-state index contributed by atoms with van der Waals surface area (Å²) in [5.74, 6) is -0.907. The summed E-state index contributed by atoms with van der Waals surface area (Å²) in [7, 11) is 2.97. The van der Waals surface area contributed by atoms with Crippen molar-refractivity contribution in [1.29, 1.82) is 0 Å². The number of amides is 1. The maximum atomic E-state index is 12.1. The van der Waals surface area contributed by atoms with Crippen molar-refractivity contribution < 1.29 is 14.3 Å². The topological polar surface area (TPSA) is 102 Å². The van der Waals surface area contributed by atoms with E-state index in [0.717, 1.165) is 5.69 Å². The lowest BCUT2D eigenvalue weighted by atomic mass is 10.1. The first kappa shape index (κ1) is 13.8. The van der Waals surface area contributed by atoms with Gasteiger partial charge in [-0.05, 0) is 0 Å². The quantitative estimate of drug-likeness (QED) is 0.728. The highest BCUT2D eigenvalue weighted by Gasteiger charge is 2.24. The summed E-state index contributed by atoms with van der Waals surface area (Å²) in [6.45, 7) is 0. The van der Waals surface area contributed by atoms with E-state index in [1.807, 2.05) is 0 Å². The first-order valence-electron chi connectivity index (χ1n) is 5.94. The minimum atomic E-state index is -0.789. The van der Waals surface area contributed by atoms with Crippen LogP contribution < -0.4 is 5.32 Å². The molecule has 8 nitrogen and oxygen atoms in total. The van der Waals surface area contributed by atoms with Gasteiger partial charge < -0.3 is 19.6 Å². The molecule has 0 spiro atoms. The SMILES string of the molecule is COC(=O)[C@H](Cc1cnc[nH]1)NC(=O)c1cncn1C. The Labute approximate surface area is 115 Å². The second kappa shape index (κ2) is 6.00. The van der Waals surface area contributed by atoms with Crippen LogP contribution in [0.15, 0.2) is 25.0 Å². The molecule has 0 saturated carbocycles. The van der Waals surface area contributed by atoms with E-state index >= 15 is 0 Å². The monoisotopic (exact) mass is 277 g/mol. The predicted octanol–water partition coefficient (Wildman–Crippen LogP) is -0.343. The number of hydrogen-bond acceptors (Lipinski definition) is 5. The number of methoxy groups -OCH3 is 1. The molecule has 2 aromatic heterocycles. The van der Waals surface area contributed by atoms with Gasteiger partial charge in [-0.1, -0.05) is 0 Å². The smallest absolute Gasteiger partial charge is 0.328 e. The zero-order valence-corrected chi connectivity index (χ0v) is 11.2. The Bertz CT molecular complexity index is 590. The maximum absolute atomic E-state index is 12.1. The van der Waals surface area contributed by atoms with Crippen LogP contribution in [0.2, 0.25) is 0 Å². The Morgan fingerprint density at radius 1 is 1.45 bits per heavy atom. The van der Waals surface area contributed by atoms with Crippen molar-refractivity contribution in [1.82, 2.24) is 24.8 Å². The van der Waals surface area contributed by atoms with E-state index in [2.05, 4.69) is 20.3 Å². The molecule has 2 rings (SSSR count). The second-order valence-electron chi connectivity index (χ2n) is 4.22. The summed E-state index contributed by atoms with van der Waals surface area (Å²) < 4.78 is 6.27. The van der Waals surface area contributed by atoms with Crippen LogP contribution in [0.3, 0.4) is 0 Å². The summed E-state index contributed by atoms with van der Waals surface area (Å²) >= 11 is 0. The number of aromatic nitrogens is 4. The van der Waals surface area contributed by atoms with Crippen LogP contribution in [0.5, 0.6) is 0 Å². The van der Waals surface area contributed by atoms with E-state index in [0.29, 0.717) is 5.69 Å². The molecule has 2 heterocycles. The van der Waals surface area contributed by atoms with Crippen molar-refractivity contribution in [3.63, 3.8) is 0 Å². The Morgan fingerprint density at radius 2 is 2.25 bits per heavy atom. The minimum absolute atomic E-state index is 0.274. The zero-order chi connectivity index (χ0) is 14.5. The number of imidazole rings is 2. The molecule has 0 aromatic carbocycles. The summed E-state index contributed by atoms with van der Waals surface area (Å²) in [6.07, 6.45) is 6.31. The third-order valence-electron chi connectivity index (χ3n) is 2.82. The fraction of sp³-hybridized carbons (Fsp3) is 0.333. The van der Waals surface area contributed by atoms with Crippen LogP contribution in [0.1, 0.15) is 16.2 Å². The molecule has 0 aliphatic rings. The average molecular weight is 277 g/mol. The molecular formula is C12H15N5O3. The molecular weight excluding hydrogens is 262 g/mol. The number of carbonyl (C=O) groups is 2. The van der Waals surface area contributed by atoms with Gasteiger partial charge in [0.15, 0.2) is 0 Å². The van der Waals surface area contributed by atoms with Crippen LogP contribution in [0.25, 0.3) is 0 Å². The number of nitrogens with one attached hydrogen (secondary N) is 2. The number of aryl methyl sites for hydroxylation is 1. The lowest BCUT2D eigenvalue weighted by Gasteiger charge is -2.15. The highest BCUT2D eigenvalue weighted by molar-refractivity contribution is 5.95. The highest BCUT2D eigenvalue weighted by atomic mass is 16.5. The molecule has 0 aliphatic heterocycles. The Hall–Kier alpha value is -2.64. The van der Waals surface area contributed by atoms with Crippen molar-refractivity contribution in [2.24, 2.45) is 7.05 Å². The Kier molecular flexibility index (Phi) is 4.14.